The van der Waals surface area contributed by atoms with E-state index in [9.17, 15) is 9.18 Å². The van der Waals surface area contributed by atoms with Crippen molar-refractivity contribution >= 4 is 5.91 Å². The summed E-state index contributed by atoms with van der Waals surface area (Å²) in [7, 11) is 0. The molecule has 0 saturated carbocycles. The summed E-state index contributed by atoms with van der Waals surface area (Å²) in [6.45, 7) is 3.36. The Morgan fingerprint density at radius 2 is 1.81 bits per heavy atom. The van der Waals surface area contributed by atoms with E-state index in [0.717, 1.165) is 18.5 Å². The van der Waals surface area contributed by atoms with E-state index in [2.05, 4.69) is 12.2 Å². The summed E-state index contributed by atoms with van der Waals surface area (Å²) in [4.78, 5) is 13.9. The van der Waals surface area contributed by atoms with E-state index in [4.69, 9.17) is 0 Å². The molecule has 1 N–H and O–H groups in total. The lowest BCUT2D eigenvalue weighted by atomic mass is 10.1. The number of nitrogens with zero attached hydrogens (tertiary/aromatic N) is 1. The summed E-state index contributed by atoms with van der Waals surface area (Å²) in [5.41, 5.74) is 0.952. The maximum Gasteiger partial charge on any atom is 0.238 e. The molecule has 3 nitrogen and oxygen atoms in total. The minimum Gasteiger partial charge on any atom is -0.322 e. The van der Waals surface area contributed by atoms with Crippen molar-refractivity contribution in [2.45, 2.75) is 51.6 Å². The molecule has 1 saturated heterocycles. The molecule has 1 unspecified atom stereocenters. The smallest absolute Gasteiger partial charge is 0.238 e. The van der Waals surface area contributed by atoms with E-state index >= 15 is 0 Å². The number of carbonyl (C=O) groups excluding carboxylic acids is 1. The highest BCUT2D eigenvalue weighted by Gasteiger charge is 2.30. The molecule has 0 spiro atoms. The second kappa shape index (κ2) is 8.13. The van der Waals surface area contributed by atoms with Crippen molar-refractivity contribution in [1.29, 1.82) is 0 Å². The monoisotopic (exact) mass is 292 g/mol. The first kappa shape index (κ1) is 16.0. The van der Waals surface area contributed by atoms with Gasteiger partial charge in [0.15, 0.2) is 0 Å². The van der Waals surface area contributed by atoms with Gasteiger partial charge in [-0.2, -0.15) is 0 Å². The largest absolute Gasteiger partial charge is 0.322 e. The molecule has 1 amide bonds. The Balaban J connectivity index is 1.84. The number of amides is 1. The Kier molecular flexibility index (Phi) is 6.18. The predicted molar refractivity (Wildman–Crippen MR) is 82.2 cm³/mol. The third-order valence-electron chi connectivity index (χ3n) is 4.02. The van der Waals surface area contributed by atoms with Crippen LogP contribution in [0.25, 0.3) is 0 Å². The van der Waals surface area contributed by atoms with Crippen LogP contribution in [-0.2, 0) is 4.79 Å². The van der Waals surface area contributed by atoms with Gasteiger partial charge in [-0.25, -0.2) is 4.39 Å². The lowest BCUT2D eigenvalue weighted by molar-refractivity contribution is -0.128. The fourth-order valence-corrected chi connectivity index (χ4v) is 2.80. The van der Waals surface area contributed by atoms with Gasteiger partial charge in [-0.05, 0) is 24.1 Å². The fraction of sp³-hybridized carbons (Fsp3) is 0.588. The second-order valence-electron chi connectivity index (χ2n) is 5.69. The minimum atomic E-state index is -0.245. The van der Waals surface area contributed by atoms with Crippen LogP contribution in [-0.4, -0.2) is 23.9 Å². The van der Waals surface area contributed by atoms with Gasteiger partial charge in [-0.1, -0.05) is 51.2 Å². The number of halogens is 1. The Bertz CT molecular complexity index is 447. The molecular formula is C17H25FN2O. The average Bonchev–Trinajstić information content (AvgIpc) is 2.85. The van der Waals surface area contributed by atoms with Gasteiger partial charge in [-0.3, -0.25) is 10.1 Å². The van der Waals surface area contributed by atoms with Gasteiger partial charge in [-0.15, -0.1) is 0 Å². The van der Waals surface area contributed by atoms with Crippen LogP contribution in [0.2, 0.25) is 0 Å². The highest BCUT2D eigenvalue weighted by Crippen LogP contribution is 2.23. The molecule has 4 heteroatoms. The summed E-state index contributed by atoms with van der Waals surface area (Å²) in [5.74, 6) is -0.108. The van der Waals surface area contributed by atoms with Crippen molar-refractivity contribution in [3.8, 4) is 0 Å². The molecule has 1 aromatic carbocycles. The molecule has 1 atom stereocenters. The molecule has 2 rings (SSSR count). The van der Waals surface area contributed by atoms with Crippen LogP contribution < -0.4 is 5.32 Å². The molecule has 1 aliphatic rings. The third-order valence-corrected chi connectivity index (χ3v) is 4.02. The SMILES string of the molecule is CCCCCCCCN1C(=O)CNC1c1ccc(F)cc1. The van der Waals surface area contributed by atoms with Crippen LogP contribution in [0.4, 0.5) is 4.39 Å². The van der Waals surface area contributed by atoms with Crippen molar-refractivity contribution in [1.82, 2.24) is 10.2 Å². The van der Waals surface area contributed by atoms with Crippen molar-refractivity contribution in [2.24, 2.45) is 0 Å². The topological polar surface area (TPSA) is 32.3 Å². The van der Waals surface area contributed by atoms with Gasteiger partial charge in [0.2, 0.25) is 5.91 Å². The Morgan fingerprint density at radius 1 is 1.14 bits per heavy atom. The zero-order valence-electron chi connectivity index (χ0n) is 12.8. The minimum absolute atomic E-state index is 0.103. The van der Waals surface area contributed by atoms with Crippen LogP contribution in [0.3, 0.4) is 0 Å². The standard InChI is InChI=1S/C17H25FN2O/c1-2-3-4-5-6-7-12-20-16(21)13-19-17(20)14-8-10-15(18)11-9-14/h8-11,17,19H,2-7,12-13H2,1H3. The molecule has 0 bridgehead atoms. The molecular weight excluding hydrogens is 267 g/mol. The Hall–Kier alpha value is -1.42. The van der Waals surface area contributed by atoms with Crippen LogP contribution >= 0.6 is 0 Å². The zero-order chi connectivity index (χ0) is 15.1. The fourth-order valence-electron chi connectivity index (χ4n) is 2.80. The number of rotatable bonds is 8. The van der Waals surface area contributed by atoms with Crippen molar-refractivity contribution < 1.29 is 9.18 Å². The predicted octanol–water partition coefficient (Wildman–Crippen LogP) is 3.62. The summed E-state index contributed by atoms with van der Waals surface area (Å²) >= 11 is 0. The van der Waals surface area contributed by atoms with E-state index in [-0.39, 0.29) is 17.9 Å². The summed E-state index contributed by atoms with van der Waals surface area (Å²) in [5, 5.41) is 3.21. The number of carbonyl (C=O) groups is 1. The first-order chi connectivity index (χ1) is 10.2. The van der Waals surface area contributed by atoms with Gasteiger partial charge >= 0.3 is 0 Å². The van der Waals surface area contributed by atoms with Gasteiger partial charge in [0.1, 0.15) is 12.0 Å². The first-order valence-corrected chi connectivity index (χ1v) is 8.00. The van der Waals surface area contributed by atoms with Crippen molar-refractivity contribution in [3.63, 3.8) is 0 Å². The van der Waals surface area contributed by atoms with Crippen LogP contribution in [0.5, 0.6) is 0 Å². The molecule has 1 heterocycles. The normalized spacial score (nSPS) is 18.5. The average molecular weight is 292 g/mol. The van der Waals surface area contributed by atoms with Crippen molar-refractivity contribution in [2.75, 3.05) is 13.1 Å². The lowest BCUT2D eigenvalue weighted by Gasteiger charge is -2.24. The molecule has 0 aromatic heterocycles. The van der Waals surface area contributed by atoms with Gasteiger partial charge in [0, 0.05) is 6.54 Å². The number of nitrogens with one attached hydrogen (secondary N) is 1. The van der Waals surface area contributed by atoms with Gasteiger partial charge in [0.05, 0.1) is 6.54 Å². The van der Waals surface area contributed by atoms with Crippen molar-refractivity contribution in [3.05, 3.63) is 35.6 Å². The lowest BCUT2D eigenvalue weighted by Crippen LogP contribution is -2.31. The van der Waals surface area contributed by atoms with E-state index in [1.807, 2.05) is 4.90 Å². The first-order valence-electron chi connectivity index (χ1n) is 8.00. The molecule has 0 radical (unpaired) electrons. The molecule has 1 aliphatic heterocycles. The Morgan fingerprint density at radius 3 is 2.52 bits per heavy atom. The number of unbranched alkanes of at least 4 members (excludes halogenated alkanes) is 5. The van der Waals surface area contributed by atoms with Crippen LogP contribution in [0, 0.1) is 5.82 Å². The van der Waals surface area contributed by atoms with Crippen LogP contribution in [0.1, 0.15) is 57.2 Å². The molecule has 21 heavy (non-hydrogen) atoms. The zero-order valence-corrected chi connectivity index (χ0v) is 12.8. The maximum atomic E-state index is 13.0. The highest BCUT2D eigenvalue weighted by atomic mass is 19.1. The number of benzene rings is 1. The van der Waals surface area contributed by atoms with E-state index in [1.165, 1.54) is 44.2 Å². The molecule has 116 valence electrons. The quantitative estimate of drug-likeness (QED) is 0.742. The van der Waals surface area contributed by atoms with Gasteiger partial charge < -0.3 is 4.90 Å². The number of hydrogen-bond acceptors (Lipinski definition) is 2. The third kappa shape index (κ3) is 4.53. The van der Waals surface area contributed by atoms with Gasteiger partial charge in [0.25, 0.3) is 0 Å². The van der Waals surface area contributed by atoms with E-state index < -0.39 is 0 Å². The number of hydrogen-bond donors (Lipinski definition) is 1. The second-order valence-corrected chi connectivity index (χ2v) is 5.69. The maximum absolute atomic E-state index is 13.0. The Labute approximate surface area is 126 Å². The summed E-state index contributed by atoms with van der Waals surface area (Å²) in [6.07, 6.45) is 7.17. The summed E-state index contributed by atoms with van der Waals surface area (Å²) < 4.78 is 13.0. The highest BCUT2D eigenvalue weighted by molar-refractivity contribution is 5.80. The molecule has 1 fully saturated rings. The van der Waals surface area contributed by atoms with Crippen LogP contribution in [0.15, 0.2) is 24.3 Å². The van der Waals surface area contributed by atoms with E-state index in [0.29, 0.717) is 6.54 Å². The molecule has 1 aromatic rings. The molecule has 0 aliphatic carbocycles. The van der Waals surface area contributed by atoms with E-state index in [1.54, 1.807) is 12.1 Å². The summed E-state index contributed by atoms with van der Waals surface area (Å²) in [6, 6.07) is 6.39.